The normalized spacial score (nSPS) is 17.4. The summed E-state index contributed by atoms with van der Waals surface area (Å²) in [6.07, 6.45) is 5.49. The number of nitrogens with zero attached hydrogens (tertiary/aromatic N) is 2. The molecule has 0 radical (unpaired) electrons. The highest BCUT2D eigenvalue weighted by atomic mass is 16.4. The smallest absolute Gasteiger partial charge is 0.230 e. The van der Waals surface area contributed by atoms with Crippen molar-refractivity contribution < 1.29 is 9.21 Å². The fraction of sp³-hybridized carbons (Fsp3) is 0.692. The molecule has 0 aliphatic carbocycles. The van der Waals surface area contributed by atoms with Crippen LogP contribution in [0, 0.1) is 12.8 Å². The fourth-order valence-corrected chi connectivity index (χ4v) is 2.34. The Bertz CT molecular complexity index is 379. The number of carbonyl (C=O) groups is 1. The molecule has 0 spiro atoms. The Kier molecular flexibility index (Phi) is 3.82. The van der Waals surface area contributed by atoms with E-state index in [0.717, 1.165) is 31.8 Å². The van der Waals surface area contributed by atoms with E-state index in [2.05, 4.69) is 11.9 Å². The van der Waals surface area contributed by atoms with E-state index in [1.807, 2.05) is 4.90 Å². The van der Waals surface area contributed by atoms with Gasteiger partial charge in [0.2, 0.25) is 5.91 Å². The monoisotopic (exact) mass is 236 g/mol. The second kappa shape index (κ2) is 5.34. The molecule has 17 heavy (non-hydrogen) atoms. The summed E-state index contributed by atoms with van der Waals surface area (Å²) in [4.78, 5) is 18.0. The molecule has 0 saturated carbocycles. The lowest BCUT2D eigenvalue weighted by Crippen LogP contribution is -2.39. The molecule has 94 valence electrons. The van der Waals surface area contributed by atoms with Crippen LogP contribution in [0.5, 0.6) is 0 Å². The van der Waals surface area contributed by atoms with Crippen LogP contribution in [-0.4, -0.2) is 28.9 Å². The maximum atomic E-state index is 12.0. The van der Waals surface area contributed by atoms with Gasteiger partial charge in [0.25, 0.3) is 0 Å². The van der Waals surface area contributed by atoms with Crippen LogP contribution in [0.1, 0.15) is 37.8 Å². The largest absolute Gasteiger partial charge is 0.446 e. The predicted octanol–water partition coefficient (Wildman–Crippen LogP) is 2.17. The zero-order valence-electron chi connectivity index (χ0n) is 10.6. The number of piperidine rings is 1. The average Bonchev–Trinajstić information content (AvgIpc) is 2.75. The van der Waals surface area contributed by atoms with Crippen LogP contribution >= 0.6 is 0 Å². The van der Waals surface area contributed by atoms with E-state index in [9.17, 15) is 4.79 Å². The summed E-state index contributed by atoms with van der Waals surface area (Å²) in [6, 6.07) is 0. The Morgan fingerprint density at radius 3 is 2.76 bits per heavy atom. The van der Waals surface area contributed by atoms with Gasteiger partial charge >= 0.3 is 0 Å². The third kappa shape index (κ3) is 3.08. The quantitative estimate of drug-likeness (QED) is 0.808. The Hall–Kier alpha value is -1.32. The van der Waals surface area contributed by atoms with Crippen LogP contribution in [0.3, 0.4) is 0 Å². The van der Waals surface area contributed by atoms with Crippen molar-refractivity contribution in [2.45, 2.75) is 39.5 Å². The summed E-state index contributed by atoms with van der Waals surface area (Å²) in [5, 5.41) is 0. The maximum Gasteiger partial charge on any atom is 0.230 e. The molecule has 2 rings (SSSR count). The molecule has 1 aromatic rings. The van der Waals surface area contributed by atoms with Crippen LogP contribution in [0.15, 0.2) is 10.6 Å². The Morgan fingerprint density at radius 1 is 1.53 bits per heavy atom. The summed E-state index contributed by atoms with van der Waals surface area (Å²) in [6.45, 7) is 5.80. The van der Waals surface area contributed by atoms with Crippen molar-refractivity contribution in [3.63, 3.8) is 0 Å². The average molecular weight is 236 g/mol. The number of rotatable bonds is 3. The molecule has 2 heterocycles. The summed E-state index contributed by atoms with van der Waals surface area (Å²) >= 11 is 0. The molecule has 4 nitrogen and oxygen atoms in total. The van der Waals surface area contributed by atoms with Gasteiger partial charge in [-0.05, 0) is 18.8 Å². The first-order valence-electron chi connectivity index (χ1n) is 6.38. The van der Waals surface area contributed by atoms with Gasteiger partial charge in [-0.2, -0.15) is 0 Å². The first-order valence-corrected chi connectivity index (χ1v) is 6.38. The van der Waals surface area contributed by atoms with Crippen molar-refractivity contribution >= 4 is 5.91 Å². The first-order chi connectivity index (χ1) is 8.19. The minimum atomic E-state index is 0.163. The molecular formula is C13H20N2O2. The molecule has 1 aromatic heterocycles. The lowest BCUT2D eigenvalue weighted by molar-refractivity contribution is -0.132. The number of oxazole rings is 1. The van der Waals surface area contributed by atoms with Crippen molar-refractivity contribution in [1.29, 1.82) is 0 Å². The van der Waals surface area contributed by atoms with E-state index in [4.69, 9.17) is 4.42 Å². The number of aryl methyl sites for hydroxylation is 1. The van der Waals surface area contributed by atoms with Crippen molar-refractivity contribution in [3.05, 3.63) is 17.8 Å². The summed E-state index contributed by atoms with van der Waals surface area (Å²) in [7, 11) is 0. The van der Waals surface area contributed by atoms with Crippen LogP contribution in [-0.2, 0) is 11.2 Å². The second-order valence-corrected chi connectivity index (χ2v) is 4.75. The van der Waals surface area contributed by atoms with E-state index in [-0.39, 0.29) is 5.91 Å². The molecule has 1 aliphatic heterocycles. The Labute approximate surface area is 102 Å². The van der Waals surface area contributed by atoms with Gasteiger partial charge < -0.3 is 9.32 Å². The summed E-state index contributed by atoms with van der Waals surface area (Å²) < 4.78 is 5.33. The van der Waals surface area contributed by atoms with Crippen molar-refractivity contribution in [2.24, 2.45) is 5.92 Å². The molecule has 4 heteroatoms. The zero-order chi connectivity index (χ0) is 12.3. The van der Waals surface area contributed by atoms with Gasteiger partial charge in [-0.1, -0.05) is 13.3 Å². The molecule has 0 aromatic carbocycles. The molecular weight excluding hydrogens is 216 g/mol. The zero-order valence-corrected chi connectivity index (χ0v) is 10.6. The molecule has 0 bridgehead atoms. The van der Waals surface area contributed by atoms with Gasteiger partial charge in [0.15, 0.2) is 5.89 Å². The highest BCUT2D eigenvalue weighted by Gasteiger charge is 2.22. The van der Waals surface area contributed by atoms with Crippen LogP contribution < -0.4 is 0 Å². The van der Waals surface area contributed by atoms with Gasteiger partial charge in [-0.25, -0.2) is 4.98 Å². The number of hydrogen-bond donors (Lipinski definition) is 0. The van der Waals surface area contributed by atoms with E-state index < -0.39 is 0 Å². The van der Waals surface area contributed by atoms with Crippen molar-refractivity contribution in [2.75, 3.05) is 13.1 Å². The minimum Gasteiger partial charge on any atom is -0.446 e. The summed E-state index contributed by atoms with van der Waals surface area (Å²) in [5.74, 6) is 2.25. The highest BCUT2D eigenvalue weighted by molar-refractivity contribution is 5.78. The molecule has 1 amide bonds. The number of likely N-dealkylation sites (tertiary alicyclic amines) is 1. The van der Waals surface area contributed by atoms with E-state index >= 15 is 0 Å². The third-order valence-corrected chi connectivity index (χ3v) is 3.54. The standard InChI is InChI=1S/C13H20N2O2/c1-3-11-4-6-15(7-5-11)13(16)8-12-9-14-10(2)17-12/h9,11H,3-8H2,1-2H3. The van der Waals surface area contributed by atoms with Crippen molar-refractivity contribution in [1.82, 2.24) is 9.88 Å². The van der Waals surface area contributed by atoms with E-state index in [0.29, 0.717) is 18.1 Å². The van der Waals surface area contributed by atoms with Crippen LogP contribution in [0.25, 0.3) is 0 Å². The fourth-order valence-electron chi connectivity index (χ4n) is 2.34. The molecule has 0 N–H and O–H groups in total. The first kappa shape index (κ1) is 12.1. The van der Waals surface area contributed by atoms with E-state index in [1.165, 1.54) is 6.42 Å². The van der Waals surface area contributed by atoms with Gasteiger partial charge in [0.05, 0.1) is 12.6 Å². The number of carbonyl (C=O) groups excluding carboxylic acids is 1. The molecule has 0 unspecified atom stereocenters. The Balaban J connectivity index is 1.85. The van der Waals surface area contributed by atoms with Gasteiger partial charge in [0.1, 0.15) is 5.76 Å². The highest BCUT2D eigenvalue weighted by Crippen LogP contribution is 2.20. The number of amides is 1. The van der Waals surface area contributed by atoms with Gasteiger partial charge in [-0.3, -0.25) is 4.79 Å². The predicted molar refractivity (Wildman–Crippen MR) is 64.5 cm³/mol. The SMILES string of the molecule is CCC1CCN(C(=O)Cc2cnc(C)o2)CC1. The Morgan fingerprint density at radius 2 is 2.24 bits per heavy atom. The van der Waals surface area contributed by atoms with Crippen LogP contribution in [0.4, 0.5) is 0 Å². The molecule has 0 atom stereocenters. The number of aromatic nitrogens is 1. The van der Waals surface area contributed by atoms with Crippen molar-refractivity contribution in [3.8, 4) is 0 Å². The minimum absolute atomic E-state index is 0.163. The maximum absolute atomic E-state index is 12.0. The van der Waals surface area contributed by atoms with E-state index in [1.54, 1.807) is 13.1 Å². The van der Waals surface area contributed by atoms with Gasteiger partial charge in [0, 0.05) is 20.0 Å². The van der Waals surface area contributed by atoms with Gasteiger partial charge in [-0.15, -0.1) is 0 Å². The molecule has 1 aliphatic rings. The van der Waals surface area contributed by atoms with Crippen LogP contribution in [0.2, 0.25) is 0 Å². The third-order valence-electron chi connectivity index (χ3n) is 3.54. The lowest BCUT2D eigenvalue weighted by Gasteiger charge is -2.31. The summed E-state index contributed by atoms with van der Waals surface area (Å²) in [5.41, 5.74) is 0. The molecule has 1 fully saturated rings. The molecule has 1 saturated heterocycles. The second-order valence-electron chi connectivity index (χ2n) is 4.75. The topological polar surface area (TPSA) is 46.3 Å². The lowest BCUT2D eigenvalue weighted by atomic mass is 9.94. The number of hydrogen-bond acceptors (Lipinski definition) is 3.